The van der Waals surface area contributed by atoms with Crippen LogP contribution in [0, 0.1) is 0 Å². The summed E-state index contributed by atoms with van der Waals surface area (Å²) in [6, 6.07) is 8.28. The van der Waals surface area contributed by atoms with Crippen LogP contribution in [-0.4, -0.2) is 40.3 Å². The van der Waals surface area contributed by atoms with Crippen molar-refractivity contribution in [2.24, 2.45) is 0 Å². The first kappa shape index (κ1) is 18.1. The molecule has 0 spiro atoms. The summed E-state index contributed by atoms with van der Waals surface area (Å²) in [7, 11) is 0. The first-order valence-electron chi connectivity index (χ1n) is 8.44. The Balaban J connectivity index is 1.42. The third-order valence-electron chi connectivity index (χ3n) is 4.10. The van der Waals surface area contributed by atoms with Crippen LogP contribution in [0.15, 0.2) is 41.9 Å². The number of benzene rings is 1. The van der Waals surface area contributed by atoms with Crippen LogP contribution in [-0.2, 0) is 22.6 Å². The molecule has 2 N–H and O–H groups in total. The van der Waals surface area contributed by atoms with E-state index in [0.29, 0.717) is 19.4 Å². The summed E-state index contributed by atoms with van der Waals surface area (Å²) in [5.41, 5.74) is 0.886. The molecule has 1 saturated heterocycles. The monoisotopic (exact) mass is 372 g/mol. The number of nitrogens with one attached hydrogen (secondary N) is 2. The molecule has 0 radical (unpaired) electrons. The van der Waals surface area contributed by atoms with E-state index in [1.54, 1.807) is 17.5 Å². The second-order valence-electron chi connectivity index (χ2n) is 5.98. The van der Waals surface area contributed by atoms with Crippen LogP contribution in [0.5, 0.6) is 0 Å². The predicted octanol–water partition coefficient (Wildman–Crippen LogP) is 1.70. The van der Waals surface area contributed by atoms with Crippen molar-refractivity contribution in [1.82, 2.24) is 20.5 Å². The molecule has 1 aliphatic rings. The minimum absolute atomic E-state index is 0.134. The lowest BCUT2D eigenvalue weighted by Gasteiger charge is -2.13. The first-order chi connectivity index (χ1) is 12.6. The summed E-state index contributed by atoms with van der Waals surface area (Å²) in [5.74, 6) is -0.417. The summed E-state index contributed by atoms with van der Waals surface area (Å²) in [4.78, 5) is 41.7. The maximum atomic E-state index is 12.4. The number of amides is 4. The number of carbonyl (C=O) groups is 3. The van der Waals surface area contributed by atoms with Gasteiger partial charge in [0.25, 0.3) is 5.91 Å². The minimum atomic E-state index is -0.643. The number of urea groups is 1. The second kappa shape index (κ2) is 8.57. The SMILES string of the molecule is O=C(CC[C@@H]1NC(=O)N(Cc2ccccc2)C1=O)NCCc1nccs1. The Kier molecular flexibility index (Phi) is 5.96. The number of hydrogen-bond acceptors (Lipinski definition) is 5. The van der Waals surface area contributed by atoms with Crippen LogP contribution in [0.4, 0.5) is 4.79 Å². The zero-order valence-corrected chi connectivity index (χ0v) is 15.0. The standard InChI is InChI=1S/C18H20N4O3S/c23-15(19-9-8-16-20-10-11-26-16)7-6-14-17(24)22(18(25)21-14)12-13-4-2-1-3-5-13/h1-5,10-11,14H,6-9,12H2,(H,19,23)(H,21,25)/t14-/m0/s1. The molecule has 3 rings (SSSR count). The average molecular weight is 372 g/mol. The molecule has 1 aromatic heterocycles. The van der Waals surface area contributed by atoms with Gasteiger partial charge in [0, 0.05) is 31.0 Å². The number of aromatic nitrogens is 1. The van der Waals surface area contributed by atoms with Gasteiger partial charge in [-0.15, -0.1) is 11.3 Å². The van der Waals surface area contributed by atoms with Gasteiger partial charge in [-0.05, 0) is 12.0 Å². The van der Waals surface area contributed by atoms with Gasteiger partial charge in [0.05, 0.1) is 11.6 Å². The lowest BCUT2D eigenvalue weighted by Crippen LogP contribution is -2.33. The van der Waals surface area contributed by atoms with Gasteiger partial charge < -0.3 is 10.6 Å². The molecule has 8 heteroatoms. The normalized spacial score (nSPS) is 16.6. The Morgan fingerprint density at radius 1 is 1.27 bits per heavy atom. The summed E-state index contributed by atoms with van der Waals surface area (Å²) in [5, 5.41) is 8.34. The molecule has 1 atom stereocenters. The molecular formula is C18H20N4O3S. The summed E-state index contributed by atoms with van der Waals surface area (Å²) >= 11 is 1.55. The smallest absolute Gasteiger partial charge is 0.325 e. The highest BCUT2D eigenvalue weighted by molar-refractivity contribution is 7.09. The molecule has 26 heavy (non-hydrogen) atoms. The largest absolute Gasteiger partial charge is 0.356 e. The molecule has 4 amide bonds. The van der Waals surface area contributed by atoms with Gasteiger partial charge >= 0.3 is 6.03 Å². The van der Waals surface area contributed by atoms with Crippen molar-refractivity contribution in [2.75, 3.05) is 6.54 Å². The molecule has 0 bridgehead atoms. The van der Waals surface area contributed by atoms with Crippen molar-refractivity contribution in [3.05, 3.63) is 52.5 Å². The lowest BCUT2D eigenvalue weighted by atomic mass is 10.1. The summed E-state index contributed by atoms with van der Waals surface area (Å²) < 4.78 is 0. The van der Waals surface area contributed by atoms with E-state index in [0.717, 1.165) is 10.6 Å². The molecular weight excluding hydrogens is 352 g/mol. The van der Waals surface area contributed by atoms with E-state index in [2.05, 4.69) is 15.6 Å². The van der Waals surface area contributed by atoms with Gasteiger partial charge in [0.1, 0.15) is 6.04 Å². The first-order valence-corrected chi connectivity index (χ1v) is 9.32. The topological polar surface area (TPSA) is 91.4 Å². The van der Waals surface area contributed by atoms with Gasteiger partial charge in [-0.1, -0.05) is 30.3 Å². The number of nitrogens with zero attached hydrogens (tertiary/aromatic N) is 2. The van der Waals surface area contributed by atoms with Crippen molar-refractivity contribution in [3.63, 3.8) is 0 Å². The molecule has 2 heterocycles. The Morgan fingerprint density at radius 3 is 2.81 bits per heavy atom. The number of rotatable bonds is 8. The van der Waals surface area contributed by atoms with Crippen LogP contribution in [0.2, 0.25) is 0 Å². The van der Waals surface area contributed by atoms with Crippen LogP contribution in [0.25, 0.3) is 0 Å². The average Bonchev–Trinajstić information content (AvgIpc) is 3.25. The maximum Gasteiger partial charge on any atom is 0.325 e. The molecule has 0 unspecified atom stereocenters. The molecule has 2 aromatic rings. The highest BCUT2D eigenvalue weighted by Gasteiger charge is 2.37. The third kappa shape index (κ3) is 4.66. The van der Waals surface area contributed by atoms with Gasteiger partial charge in [-0.3, -0.25) is 14.5 Å². The quantitative estimate of drug-likeness (QED) is 0.690. The molecule has 1 aliphatic heterocycles. The minimum Gasteiger partial charge on any atom is -0.356 e. The van der Waals surface area contributed by atoms with E-state index in [1.807, 2.05) is 35.7 Å². The van der Waals surface area contributed by atoms with Gasteiger partial charge in [0.2, 0.25) is 5.91 Å². The van der Waals surface area contributed by atoms with Crippen molar-refractivity contribution in [3.8, 4) is 0 Å². The lowest BCUT2D eigenvalue weighted by molar-refractivity contribution is -0.128. The van der Waals surface area contributed by atoms with Crippen LogP contribution in [0.3, 0.4) is 0 Å². The molecule has 136 valence electrons. The van der Waals surface area contributed by atoms with Crippen molar-refractivity contribution >= 4 is 29.2 Å². The Labute approximate surface area is 155 Å². The molecule has 1 fully saturated rings. The fourth-order valence-electron chi connectivity index (χ4n) is 2.74. The summed E-state index contributed by atoms with van der Waals surface area (Å²) in [6.07, 6.45) is 2.90. The van der Waals surface area contributed by atoms with Crippen LogP contribution < -0.4 is 10.6 Å². The second-order valence-corrected chi connectivity index (χ2v) is 6.96. The zero-order chi connectivity index (χ0) is 18.4. The van der Waals surface area contributed by atoms with Gasteiger partial charge in [-0.25, -0.2) is 9.78 Å². The molecule has 7 nitrogen and oxygen atoms in total. The summed E-state index contributed by atoms with van der Waals surface area (Å²) in [6.45, 7) is 0.749. The number of imide groups is 1. The van der Waals surface area contributed by atoms with E-state index < -0.39 is 12.1 Å². The van der Waals surface area contributed by atoms with Gasteiger partial charge in [0.15, 0.2) is 0 Å². The molecule has 1 aromatic carbocycles. The van der Waals surface area contributed by atoms with E-state index in [9.17, 15) is 14.4 Å². The fraction of sp³-hybridized carbons (Fsp3) is 0.333. The van der Waals surface area contributed by atoms with Crippen LogP contribution in [0.1, 0.15) is 23.4 Å². The van der Waals surface area contributed by atoms with Crippen molar-refractivity contribution in [1.29, 1.82) is 0 Å². The predicted molar refractivity (Wildman–Crippen MR) is 97.4 cm³/mol. The Bertz CT molecular complexity index is 764. The maximum absolute atomic E-state index is 12.4. The van der Waals surface area contributed by atoms with E-state index in [1.165, 1.54) is 4.90 Å². The number of carbonyl (C=O) groups excluding carboxylic acids is 3. The van der Waals surface area contributed by atoms with E-state index >= 15 is 0 Å². The molecule has 0 saturated carbocycles. The number of thiazole rings is 1. The highest BCUT2D eigenvalue weighted by atomic mass is 32.1. The van der Waals surface area contributed by atoms with E-state index in [-0.39, 0.29) is 24.8 Å². The zero-order valence-electron chi connectivity index (χ0n) is 14.2. The number of hydrogen-bond donors (Lipinski definition) is 2. The van der Waals surface area contributed by atoms with E-state index in [4.69, 9.17) is 0 Å². The Morgan fingerprint density at radius 2 is 2.08 bits per heavy atom. The fourth-order valence-corrected chi connectivity index (χ4v) is 3.36. The third-order valence-corrected chi connectivity index (χ3v) is 4.93. The van der Waals surface area contributed by atoms with Gasteiger partial charge in [-0.2, -0.15) is 0 Å². The molecule has 0 aliphatic carbocycles. The Hall–Kier alpha value is -2.74. The highest BCUT2D eigenvalue weighted by Crippen LogP contribution is 2.15. The van der Waals surface area contributed by atoms with Crippen LogP contribution >= 0.6 is 11.3 Å². The van der Waals surface area contributed by atoms with Crippen molar-refractivity contribution in [2.45, 2.75) is 31.8 Å². The van der Waals surface area contributed by atoms with Crippen molar-refractivity contribution < 1.29 is 14.4 Å².